The monoisotopic (exact) mass is 923 g/mol. The van der Waals surface area contributed by atoms with Crippen LogP contribution in [0.3, 0.4) is 0 Å². The zero-order chi connectivity index (χ0) is 48.8. The standard InChI is InChI=1S/C48H61NO17/c1-26-31(63-41(56)36(62-28(3)60-22-16-21-50)34(29-17-12-10-13-18-29)49-42(57)66-43(4,5)6)23-46(58)39(64-40(55)30-19-14-11-15-20-30)37-45(9,38(54)35(53)33(26)44(46,7)8)32(52)24-48(59)47(37,25-61-48)65-27(2)51/h10-15,17-21,28,31-32,34-37,39,52-53,58-59H,16,22-25H2,1-9H3,(H,49,57)/t28?,31?,32-,34?,35+,36+,37-,39-,45+,46-,47?,48+/m0/s1. The van der Waals surface area contributed by atoms with Gasteiger partial charge in [-0.3, -0.25) is 9.59 Å². The van der Waals surface area contributed by atoms with Crippen LogP contribution in [0.4, 0.5) is 4.79 Å². The van der Waals surface area contributed by atoms with E-state index in [0.717, 1.165) is 6.92 Å². The summed E-state index contributed by atoms with van der Waals surface area (Å²) in [6.07, 6.45) is -12.1. The number of ketones is 1. The van der Waals surface area contributed by atoms with E-state index < -0.39 is 131 Å². The number of amides is 1. The van der Waals surface area contributed by atoms with Gasteiger partial charge < -0.3 is 63.7 Å². The minimum atomic E-state index is -2.51. The number of nitrogens with one attached hydrogen (secondary N) is 1. The van der Waals surface area contributed by atoms with Gasteiger partial charge in [0.1, 0.15) is 35.8 Å². The average Bonchev–Trinajstić information content (AvgIpc) is 3.24. The average molecular weight is 924 g/mol. The number of hydrogen-bond acceptors (Lipinski definition) is 17. The molecule has 2 bridgehead atoms. The third-order valence-corrected chi connectivity index (χ3v) is 13.6. The van der Waals surface area contributed by atoms with Gasteiger partial charge in [-0.2, -0.15) is 0 Å². The summed E-state index contributed by atoms with van der Waals surface area (Å²) in [5.74, 6) is -8.43. The number of aliphatic hydroxyl groups excluding tert-OH is 2. The van der Waals surface area contributed by atoms with Crippen molar-refractivity contribution in [2.75, 3.05) is 13.2 Å². The topological polar surface area (TPSA) is 260 Å². The number of rotatable bonds is 14. The molecule has 3 aliphatic carbocycles. The zero-order valence-corrected chi connectivity index (χ0v) is 38.6. The van der Waals surface area contributed by atoms with Crippen LogP contribution in [0.25, 0.3) is 0 Å². The first-order valence-corrected chi connectivity index (χ1v) is 21.9. The molecule has 4 unspecified atom stereocenters. The van der Waals surface area contributed by atoms with Crippen LogP contribution in [0.5, 0.6) is 0 Å². The van der Waals surface area contributed by atoms with E-state index in [0.29, 0.717) is 11.8 Å². The van der Waals surface area contributed by atoms with Crippen molar-refractivity contribution >= 4 is 36.1 Å². The number of fused-ring (bicyclic) bond motifs is 5. The predicted molar refractivity (Wildman–Crippen MR) is 230 cm³/mol. The lowest BCUT2D eigenvalue weighted by Crippen LogP contribution is -2.86. The van der Waals surface area contributed by atoms with Crippen LogP contribution in [0.2, 0.25) is 0 Å². The zero-order valence-electron chi connectivity index (χ0n) is 38.6. The van der Waals surface area contributed by atoms with Crippen LogP contribution in [-0.2, 0) is 52.3 Å². The molecule has 66 heavy (non-hydrogen) atoms. The molecule has 0 aromatic heterocycles. The van der Waals surface area contributed by atoms with Crippen LogP contribution in [0, 0.1) is 16.7 Å². The van der Waals surface area contributed by atoms with Crippen molar-refractivity contribution in [3.63, 3.8) is 0 Å². The third kappa shape index (κ3) is 8.91. The second-order valence-corrected chi connectivity index (χ2v) is 19.3. The molecule has 2 aromatic carbocycles. The maximum absolute atomic E-state index is 15.2. The molecular formula is C48H61NO17. The number of carbonyl (C=O) groups is 6. The summed E-state index contributed by atoms with van der Waals surface area (Å²) >= 11 is 0. The molecule has 12 atom stereocenters. The Morgan fingerprint density at radius 2 is 1.58 bits per heavy atom. The molecule has 360 valence electrons. The Morgan fingerprint density at radius 3 is 2.14 bits per heavy atom. The lowest BCUT2D eigenvalue weighted by atomic mass is 9.44. The van der Waals surface area contributed by atoms with Crippen molar-refractivity contribution in [2.24, 2.45) is 16.7 Å². The molecule has 1 amide bonds. The normalized spacial score (nSPS) is 32.6. The molecule has 2 saturated carbocycles. The van der Waals surface area contributed by atoms with Gasteiger partial charge in [0.05, 0.1) is 42.3 Å². The lowest BCUT2D eigenvalue weighted by Gasteiger charge is -2.69. The van der Waals surface area contributed by atoms with Gasteiger partial charge in [-0.15, -0.1) is 0 Å². The van der Waals surface area contributed by atoms with E-state index >= 15 is 4.79 Å². The van der Waals surface area contributed by atoms with Crippen molar-refractivity contribution in [3.05, 3.63) is 82.9 Å². The quantitative estimate of drug-likeness (QED) is 0.0453. The number of ether oxygens (including phenoxy) is 7. The van der Waals surface area contributed by atoms with Crippen LogP contribution in [0.1, 0.15) is 104 Å². The summed E-state index contributed by atoms with van der Waals surface area (Å²) in [6.45, 7) is 12.6. The highest BCUT2D eigenvalue weighted by Crippen LogP contribution is 2.66. The Bertz CT molecular complexity index is 2210. The maximum atomic E-state index is 15.2. The number of aliphatic hydroxyl groups is 4. The number of aldehydes is 1. The molecule has 18 nitrogen and oxygen atoms in total. The Morgan fingerprint density at radius 1 is 0.955 bits per heavy atom. The highest BCUT2D eigenvalue weighted by atomic mass is 16.7. The summed E-state index contributed by atoms with van der Waals surface area (Å²) in [4.78, 5) is 82.0. The first-order chi connectivity index (χ1) is 30.8. The molecule has 4 aliphatic rings. The van der Waals surface area contributed by atoms with Gasteiger partial charge in [0, 0.05) is 31.6 Å². The van der Waals surface area contributed by atoms with Crippen molar-refractivity contribution in [1.82, 2.24) is 5.32 Å². The Balaban J connectivity index is 1.53. The molecule has 18 heteroatoms. The van der Waals surface area contributed by atoms with E-state index in [1.807, 2.05) is 0 Å². The number of benzene rings is 2. The van der Waals surface area contributed by atoms with Crippen LogP contribution in [0.15, 0.2) is 71.8 Å². The third-order valence-electron chi connectivity index (χ3n) is 13.6. The summed E-state index contributed by atoms with van der Waals surface area (Å²) in [7, 11) is 0. The molecular weight excluding hydrogens is 863 g/mol. The molecule has 1 saturated heterocycles. The van der Waals surface area contributed by atoms with Gasteiger partial charge >= 0.3 is 24.0 Å². The Kier molecular flexibility index (Phi) is 14.1. The molecule has 1 heterocycles. The lowest BCUT2D eigenvalue weighted by molar-refractivity contribution is -0.453. The minimum Gasteiger partial charge on any atom is -0.456 e. The van der Waals surface area contributed by atoms with E-state index in [2.05, 4.69) is 5.32 Å². The van der Waals surface area contributed by atoms with Gasteiger partial charge in [-0.1, -0.05) is 62.4 Å². The molecule has 6 rings (SSSR count). The minimum absolute atomic E-state index is 0.000684. The van der Waals surface area contributed by atoms with Gasteiger partial charge in [0.15, 0.2) is 23.8 Å². The number of Topliss-reactive ketones (excluding diaryl/α,β-unsaturated/α-hetero) is 1. The van der Waals surface area contributed by atoms with Crippen molar-refractivity contribution < 1.29 is 82.4 Å². The van der Waals surface area contributed by atoms with Crippen molar-refractivity contribution in [2.45, 2.75) is 147 Å². The van der Waals surface area contributed by atoms with Crippen molar-refractivity contribution in [3.8, 4) is 0 Å². The smallest absolute Gasteiger partial charge is 0.408 e. The van der Waals surface area contributed by atoms with Crippen molar-refractivity contribution in [1.29, 1.82) is 0 Å². The van der Waals surface area contributed by atoms with Gasteiger partial charge in [-0.05, 0) is 70.4 Å². The first-order valence-electron chi connectivity index (χ1n) is 21.9. The van der Waals surface area contributed by atoms with E-state index in [-0.39, 0.29) is 29.7 Å². The van der Waals surface area contributed by atoms with Gasteiger partial charge in [0.2, 0.25) is 5.79 Å². The summed E-state index contributed by atoms with van der Waals surface area (Å²) in [5, 5.41) is 52.8. The molecule has 0 radical (unpaired) electrons. The second-order valence-electron chi connectivity index (χ2n) is 19.3. The highest BCUT2D eigenvalue weighted by molar-refractivity contribution is 5.94. The molecule has 2 aromatic rings. The van der Waals surface area contributed by atoms with E-state index in [9.17, 15) is 44.4 Å². The number of esters is 3. The number of carbonyl (C=O) groups excluding carboxylic acids is 6. The molecule has 1 aliphatic heterocycles. The van der Waals surface area contributed by atoms with E-state index in [4.69, 9.17) is 33.2 Å². The Labute approximate surface area is 382 Å². The van der Waals surface area contributed by atoms with Crippen LogP contribution in [-0.4, -0.2) is 129 Å². The first kappa shape index (κ1) is 50.3. The fourth-order valence-corrected chi connectivity index (χ4v) is 10.2. The van der Waals surface area contributed by atoms with E-state index in [1.165, 1.54) is 46.8 Å². The summed E-state index contributed by atoms with van der Waals surface area (Å²) in [6, 6.07) is 14.6. The van der Waals surface area contributed by atoms with E-state index in [1.54, 1.807) is 69.3 Å². The predicted octanol–water partition coefficient (Wildman–Crippen LogP) is 3.56. The molecule has 0 spiro atoms. The van der Waals surface area contributed by atoms with Gasteiger partial charge in [0.25, 0.3) is 0 Å². The number of hydrogen-bond donors (Lipinski definition) is 5. The SMILES string of the molecule is CC(=O)OC12CO[C@]1(O)C[C@H](O)[C@@]1(C)C(=O)[C@H](O)C3=C(C)C(OC(=O)[C@H](OC(C)OCCC=O)C(NC(=O)OC(C)(C)C)c4ccccc4)C[C@](O)([C@@H](OC(=O)c4ccccc4)[C@H]21)C3(C)C. The fraction of sp³-hybridized carbons (Fsp3) is 0.583. The largest absolute Gasteiger partial charge is 0.456 e. The Hall–Kier alpha value is -5.08. The second kappa shape index (κ2) is 18.5. The molecule has 5 N–H and O–H groups in total. The van der Waals surface area contributed by atoms with Crippen LogP contribution < -0.4 is 5.32 Å². The summed E-state index contributed by atoms with van der Waals surface area (Å²) in [5.41, 5.74) is -9.36. The van der Waals surface area contributed by atoms with Crippen LogP contribution >= 0.6 is 0 Å². The molecule has 3 fully saturated rings. The maximum Gasteiger partial charge on any atom is 0.408 e. The van der Waals surface area contributed by atoms with Gasteiger partial charge in [-0.25, -0.2) is 14.4 Å². The number of alkyl carbamates (subject to hydrolysis) is 1. The fourth-order valence-electron chi connectivity index (χ4n) is 10.2. The highest BCUT2D eigenvalue weighted by Gasteiger charge is 2.82. The summed E-state index contributed by atoms with van der Waals surface area (Å²) < 4.78 is 41.6.